The van der Waals surface area contributed by atoms with Gasteiger partial charge in [0.15, 0.2) is 9.84 Å². The second-order valence-corrected chi connectivity index (χ2v) is 6.33. The fourth-order valence-corrected chi connectivity index (χ4v) is 3.01. The van der Waals surface area contributed by atoms with E-state index in [2.05, 4.69) is 0 Å². The number of hydrogen-bond acceptors (Lipinski definition) is 3. The third kappa shape index (κ3) is 4.88. The molecule has 1 aromatic carbocycles. The van der Waals surface area contributed by atoms with Crippen LogP contribution in [0.1, 0.15) is 32.6 Å². The molecule has 0 aliphatic rings. The van der Waals surface area contributed by atoms with Gasteiger partial charge in [0.2, 0.25) is 0 Å². The molecule has 1 atom stereocenters. The molecule has 0 bridgehead atoms. The minimum atomic E-state index is -3.24. The van der Waals surface area contributed by atoms with Crippen LogP contribution in [0, 0.1) is 0 Å². The van der Waals surface area contributed by atoms with E-state index in [-0.39, 0.29) is 5.75 Å². The van der Waals surface area contributed by atoms with Crippen molar-refractivity contribution in [3.63, 3.8) is 0 Å². The summed E-state index contributed by atoms with van der Waals surface area (Å²) in [5, 5.41) is 9.63. The van der Waals surface area contributed by atoms with Crippen LogP contribution in [0.2, 0.25) is 0 Å². The number of aliphatic hydroxyl groups is 1. The maximum absolute atomic E-state index is 11.9. The first kappa shape index (κ1) is 14.2. The molecule has 1 rings (SSSR count). The fourth-order valence-electron chi connectivity index (χ4n) is 1.62. The van der Waals surface area contributed by atoms with Crippen molar-refractivity contribution < 1.29 is 13.5 Å². The molecular formula is C13H20O3S. The van der Waals surface area contributed by atoms with Crippen molar-refractivity contribution in [2.75, 3.05) is 5.75 Å². The average molecular weight is 256 g/mol. The fraction of sp³-hybridized carbons (Fsp3) is 0.538. The van der Waals surface area contributed by atoms with Gasteiger partial charge in [-0.15, -0.1) is 0 Å². The molecule has 17 heavy (non-hydrogen) atoms. The Morgan fingerprint density at radius 3 is 2.41 bits per heavy atom. The molecule has 1 aromatic rings. The molecule has 0 radical (unpaired) electrons. The Hall–Kier alpha value is -0.870. The van der Waals surface area contributed by atoms with Gasteiger partial charge in [0.1, 0.15) is 0 Å². The zero-order valence-electron chi connectivity index (χ0n) is 10.2. The van der Waals surface area contributed by atoms with E-state index < -0.39 is 15.9 Å². The van der Waals surface area contributed by atoms with Gasteiger partial charge in [-0.3, -0.25) is 0 Å². The zero-order valence-corrected chi connectivity index (χ0v) is 11.0. The Morgan fingerprint density at radius 1 is 1.18 bits per heavy atom. The number of aliphatic hydroxyl groups excluding tert-OH is 1. The lowest BCUT2D eigenvalue weighted by Gasteiger charge is -2.10. The van der Waals surface area contributed by atoms with Crippen LogP contribution in [-0.2, 0) is 9.84 Å². The summed E-state index contributed by atoms with van der Waals surface area (Å²) in [6, 6.07) is 8.39. The molecule has 3 nitrogen and oxygen atoms in total. The highest BCUT2D eigenvalue weighted by atomic mass is 32.2. The Morgan fingerprint density at radius 2 is 1.82 bits per heavy atom. The Labute approximate surface area is 103 Å². The maximum atomic E-state index is 11.9. The van der Waals surface area contributed by atoms with Crippen LogP contribution >= 0.6 is 0 Å². The predicted molar refractivity (Wildman–Crippen MR) is 68.6 cm³/mol. The van der Waals surface area contributed by atoms with Gasteiger partial charge in [0, 0.05) is 0 Å². The molecule has 4 heteroatoms. The molecule has 0 fully saturated rings. The van der Waals surface area contributed by atoms with E-state index in [0.717, 1.165) is 12.8 Å². The lowest BCUT2D eigenvalue weighted by molar-refractivity contribution is 0.158. The number of hydrogen-bond donors (Lipinski definition) is 1. The third-order valence-electron chi connectivity index (χ3n) is 2.71. The van der Waals surface area contributed by atoms with E-state index in [9.17, 15) is 13.5 Å². The van der Waals surface area contributed by atoms with Gasteiger partial charge < -0.3 is 5.11 Å². The highest BCUT2D eigenvalue weighted by molar-refractivity contribution is 7.91. The highest BCUT2D eigenvalue weighted by Gasteiger charge is 2.15. The van der Waals surface area contributed by atoms with Crippen molar-refractivity contribution in [2.24, 2.45) is 0 Å². The lowest BCUT2D eigenvalue weighted by atomic mass is 10.1. The quantitative estimate of drug-likeness (QED) is 0.815. The van der Waals surface area contributed by atoms with E-state index in [1.807, 2.05) is 6.92 Å². The summed E-state index contributed by atoms with van der Waals surface area (Å²) < 4.78 is 23.8. The van der Waals surface area contributed by atoms with Crippen molar-refractivity contribution >= 4 is 9.84 Å². The molecule has 96 valence electrons. The average Bonchev–Trinajstić information content (AvgIpc) is 2.35. The standard InChI is InChI=1S/C13H20O3S/c1-2-3-7-12(14)10-11-17(15,16)13-8-5-4-6-9-13/h4-6,8-9,12,14H,2-3,7,10-11H2,1H3. The highest BCUT2D eigenvalue weighted by Crippen LogP contribution is 2.13. The molecule has 0 heterocycles. The summed E-state index contributed by atoms with van der Waals surface area (Å²) in [5.74, 6) is 0.0158. The summed E-state index contributed by atoms with van der Waals surface area (Å²) in [6.07, 6.45) is 2.45. The number of benzene rings is 1. The van der Waals surface area contributed by atoms with E-state index in [4.69, 9.17) is 0 Å². The van der Waals surface area contributed by atoms with Crippen LogP contribution in [0.15, 0.2) is 35.2 Å². The van der Waals surface area contributed by atoms with Crippen LogP contribution in [0.4, 0.5) is 0 Å². The third-order valence-corrected chi connectivity index (χ3v) is 4.48. The van der Waals surface area contributed by atoms with Crippen LogP contribution in [0.25, 0.3) is 0 Å². The topological polar surface area (TPSA) is 54.4 Å². The first-order valence-corrected chi connectivity index (χ1v) is 7.67. The molecule has 1 unspecified atom stereocenters. The van der Waals surface area contributed by atoms with Gasteiger partial charge in [-0.25, -0.2) is 8.42 Å². The minimum absolute atomic E-state index is 0.0158. The van der Waals surface area contributed by atoms with Gasteiger partial charge >= 0.3 is 0 Å². The number of sulfone groups is 1. The smallest absolute Gasteiger partial charge is 0.178 e. The minimum Gasteiger partial charge on any atom is -0.393 e. The SMILES string of the molecule is CCCCC(O)CCS(=O)(=O)c1ccccc1. The van der Waals surface area contributed by atoms with Crippen LogP contribution in [0.3, 0.4) is 0 Å². The second-order valence-electron chi connectivity index (χ2n) is 4.22. The summed E-state index contributed by atoms with van der Waals surface area (Å²) in [6.45, 7) is 2.05. The molecule has 0 saturated heterocycles. The van der Waals surface area contributed by atoms with Gasteiger partial charge in [0.25, 0.3) is 0 Å². The van der Waals surface area contributed by atoms with E-state index in [0.29, 0.717) is 17.7 Å². The maximum Gasteiger partial charge on any atom is 0.178 e. The van der Waals surface area contributed by atoms with Crippen molar-refractivity contribution in [2.45, 2.75) is 43.6 Å². The first-order chi connectivity index (χ1) is 8.06. The molecule has 0 aromatic heterocycles. The van der Waals surface area contributed by atoms with Crippen LogP contribution in [-0.4, -0.2) is 25.4 Å². The van der Waals surface area contributed by atoms with Gasteiger partial charge in [-0.05, 0) is 25.0 Å². The molecule has 0 amide bonds. The van der Waals surface area contributed by atoms with E-state index >= 15 is 0 Å². The Bertz CT molecular complexity index is 412. The molecule has 0 spiro atoms. The summed E-state index contributed by atoms with van der Waals surface area (Å²) in [4.78, 5) is 0.336. The summed E-state index contributed by atoms with van der Waals surface area (Å²) in [7, 11) is -3.24. The summed E-state index contributed by atoms with van der Waals surface area (Å²) >= 11 is 0. The van der Waals surface area contributed by atoms with Crippen molar-refractivity contribution in [1.29, 1.82) is 0 Å². The van der Waals surface area contributed by atoms with Crippen LogP contribution in [0.5, 0.6) is 0 Å². The second kappa shape index (κ2) is 6.77. The van der Waals surface area contributed by atoms with Crippen LogP contribution < -0.4 is 0 Å². The zero-order chi connectivity index (χ0) is 12.7. The van der Waals surface area contributed by atoms with Crippen molar-refractivity contribution in [3.8, 4) is 0 Å². The predicted octanol–water partition coefficient (Wildman–Crippen LogP) is 2.40. The van der Waals surface area contributed by atoms with Gasteiger partial charge in [-0.1, -0.05) is 38.0 Å². The number of rotatable bonds is 7. The van der Waals surface area contributed by atoms with Gasteiger partial charge in [-0.2, -0.15) is 0 Å². The first-order valence-electron chi connectivity index (χ1n) is 6.02. The van der Waals surface area contributed by atoms with Gasteiger partial charge in [0.05, 0.1) is 16.8 Å². The molecule has 1 N–H and O–H groups in total. The molecular weight excluding hydrogens is 236 g/mol. The van der Waals surface area contributed by atoms with Crippen molar-refractivity contribution in [1.82, 2.24) is 0 Å². The van der Waals surface area contributed by atoms with E-state index in [1.54, 1.807) is 30.3 Å². The Kier molecular flexibility index (Phi) is 5.65. The molecule has 0 saturated carbocycles. The lowest BCUT2D eigenvalue weighted by Crippen LogP contribution is -2.15. The largest absolute Gasteiger partial charge is 0.393 e. The summed E-state index contributed by atoms with van der Waals surface area (Å²) in [5.41, 5.74) is 0. The number of unbranched alkanes of at least 4 members (excludes halogenated alkanes) is 1. The normalized spacial score (nSPS) is 13.5. The monoisotopic (exact) mass is 256 g/mol. The Balaban J connectivity index is 2.51. The van der Waals surface area contributed by atoms with E-state index in [1.165, 1.54) is 0 Å². The molecule has 0 aliphatic carbocycles. The molecule has 0 aliphatic heterocycles. The van der Waals surface area contributed by atoms with Crippen molar-refractivity contribution in [3.05, 3.63) is 30.3 Å².